The molecule has 0 saturated carbocycles. The summed E-state index contributed by atoms with van der Waals surface area (Å²) in [6.45, 7) is 0. The molecule has 0 aliphatic rings. The second-order valence-corrected chi connectivity index (χ2v) is 9.88. The van der Waals surface area contributed by atoms with Crippen LogP contribution in [-0.4, -0.2) is 14.5 Å². The molecule has 0 aliphatic carbocycles. The number of aromatic nitrogens is 3. The van der Waals surface area contributed by atoms with Gasteiger partial charge in [0.25, 0.3) is 0 Å². The van der Waals surface area contributed by atoms with Gasteiger partial charge in [0.05, 0.1) is 27.8 Å². The van der Waals surface area contributed by atoms with Gasteiger partial charge in [-0.2, -0.15) is 0 Å². The highest BCUT2D eigenvalue weighted by Crippen LogP contribution is 2.39. The maximum atomic E-state index is 5.09. The van der Waals surface area contributed by atoms with E-state index >= 15 is 0 Å². The van der Waals surface area contributed by atoms with Gasteiger partial charge in [0.15, 0.2) is 0 Å². The molecule has 3 heterocycles. The van der Waals surface area contributed by atoms with Gasteiger partial charge in [0, 0.05) is 39.0 Å². The van der Waals surface area contributed by atoms with Crippen LogP contribution in [0.4, 0.5) is 0 Å². The first-order chi connectivity index (χ1) is 19.3. The number of benzene rings is 5. The second kappa shape index (κ2) is 8.64. The number of fused-ring (bicyclic) bond motifs is 5. The molecule has 3 heteroatoms. The first-order valence-electron chi connectivity index (χ1n) is 13.2. The Hall–Kier alpha value is -5.28. The van der Waals surface area contributed by atoms with E-state index in [1.54, 1.807) is 0 Å². The Morgan fingerprint density at radius 1 is 0.513 bits per heavy atom. The van der Waals surface area contributed by atoms with Gasteiger partial charge in [0.1, 0.15) is 0 Å². The van der Waals surface area contributed by atoms with Crippen LogP contribution in [0.2, 0.25) is 0 Å². The minimum Gasteiger partial charge on any atom is -0.309 e. The smallest absolute Gasteiger partial charge is 0.0978 e. The molecule has 0 saturated heterocycles. The van der Waals surface area contributed by atoms with Crippen LogP contribution in [0.1, 0.15) is 0 Å². The molecule has 0 amide bonds. The third-order valence-corrected chi connectivity index (χ3v) is 7.60. The summed E-state index contributed by atoms with van der Waals surface area (Å²) < 4.78 is 2.37. The van der Waals surface area contributed by atoms with Crippen LogP contribution in [0.3, 0.4) is 0 Å². The first-order valence-corrected chi connectivity index (χ1v) is 13.2. The summed E-state index contributed by atoms with van der Waals surface area (Å²) in [7, 11) is 0. The molecule has 0 spiro atoms. The Labute approximate surface area is 225 Å². The standard InChI is InChI=1S/C36H23N3/c1-2-10-24(11-3-1)33-23-26-12-4-7-18-32(26)39(33)28-15-8-13-27(22-28)34-29-16-5-6-17-31(29)38-36-30(34)20-19-25-14-9-21-37-35(25)36/h1-23H. The van der Waals surface area contributed by atoms with Crippen LogP contribution in [-0.2, 0) is 0 Å². The fourth-order valence-corrected chi connectivity index (χ4v) is 5.86. The molecule has 0 N–H and O–H groups in total. The Morgan fingerprint density at radius 2 is 1.31 bits per heavy atom. The molecule has 0 aliphatic heterocycles. The third kappa shape index (κ3) is 3.44. The molecular weight excluding hydrogens is 474 g/mol. The van der Waals surface area contributed by atoms with Gasteiger partial charge in [-0.3, -0.25) is 4.98 Å². The van der Waals surface area contributed by atoms with E-state index < -0.39 is 0 Å². The maximum absolute atomic E-state index is 5.09. The summed E-state index contributed by atoms with van der Waals surface area (Å²) in [4.78, 5) is 9.81. The molecule has 8 aromatic rings. The zero-order valence-corrected chi connectivity index (χ0v) is 21.1. The molecule has 0 unspecified atom stereocenters. The minimum atomic E-state index is 0.931. The average molecular weight is 498 g/mol. The molecule has 0 radical (unpaired) electrons. The van der Waals surface area contributed by atoms with Crippen molar-refractivity contribution in [3.8, 4) is 28.1 Å². The quantitative estimate of drug-likeness (QED) is 0.180. The normalized spacial score (nSPS) is 11.6. The molecule has 0 atom stereocenters. The molecule has 3 aromatic heterocycles. The lowest BCUT2D eigenvalue weighted by Crippen LogP contribution is -1.98. The van der Waals surface area contributed by atoms with Crippen molar-refractivity contribution in [3.05, 3.63) is 140 Å². The summed E-state index contributed by atoms with van der Waals surface area (Å²) in [5.41, 5.74) is 9.86. The minimum absolute atomic E-state index is 0.931. The maximum Gasteiger partial charge on any atom is 0.0978 e. The van der Waals surface area contributed by atoms with E-state index in [9.17, 15) is 0 Å². The van der Waals surface area contributed by atoms with Gasteiger partial charge in [-0.15, -0.1) is 0 Å². The second-order valence-electron chi connectivity index (χ2n) is 9.88. The van der Waals surface area contributed by atoms with E-state index in [1.165, 1.54) is 27.7 Å². The van der Waals surface area contributed by atoms with Crippen molar-refractivity contribution < 1.29 is 0 Å². The van der Waals surface area contributed by atoms with Crippen molar-refractivity contribution in [3.63, 3.8) is 0 Å². The highest BCUT2D eigenvalue weighted by molar-refractivity contribution is 6.16. The lowest BCUT2D eigenvalue weighted by atomic mass is 9.95. The van der Waals surface area contributed by atoms with E-state index in [0.717, 1.165) is 44.0 Å². The molecular formula is C36H23N3. The van der Waals surface area contributed by atoms with Gasteiger partial charge in [0.2, 0.25) is 0 Å². The van der Waals surface area contributed by atoms with Gasteiger partial charge in [-0.1, -0.05) is 97.1 Å². The van der Waals surface area contributed by atoms with Crippen LogP contribution >= 0.6 is 0 Å². The zero-order valence-electron chi connectivity index (χ0n) is 21.1. The summed E-state index contributed by atoms with van der Waals surface area (Å²) >= 11 is 0. The van der Waals surface area contributed by atoms with Crippen molar-refractivity contribution in [2.45, 2.75) is 0 Å². The van der Waals surface area contributed by atoms with Crippen molar-refractivity contribution in [1.82, 2.24) is 14.5 Å². The first kappa shape index (κ1) is 21.8. The predicted octanol–water partition coefficient (Wildman–Crippen LogP) is 9.21. The van der Waals surface area contributed by atoms with E-state index in [2.05, 4.69) is 132 Å². The SMILES string of the molecule is c1ccc(-c2cc3ccccc3n2-c2cccc(-c3c4ccccc4nc4c3ccc3cccnc34)c2)cc1. The predicted molar refractivity (Wildman–Crippen MR) is 162 cm³/mol. The van der Waals surface area contributed by atoms with Gasteiger partial charge in [-0.25, -0.2) is 4.98 Å². The van der Waals surface area contributed by atoms with E-state index in [1.807, 2.05) is 12.3 Å². The molecule has 0 fully saturated rings. The van der Waals surface area contributed by atoms with Crippen LogP contribution in [0, 0.1) is 0 Å². The Balaban J connectivity index is 1.44. The van der Waals surface area contributed by atoms with Crippen molar-refractivity contribution >= 4 is 43.6 Å². The van der Waals surface area contributed by atoms with E-state index in [-0.39, 0.29) is 0 Å². The van der Waals surface area contributed by atoms with Crippen LogP contribution in [0.15, 0.2) is 140 Å². The average Bonchev–Trinajstić information content (AvgIpc) is 3.40. The Morgan fingerprint density at radius 3 is 2.26 bits per heavy atom. The summed E-state index contributed by atoms with van der Waals surface area (Å²) in [6.07, 6.45) is 1.85. The van der Waals surface area contributed by atoms with E-state index in [4.69, 9.17) is 9.97 Å². The molecule has 0 bridgehead atoms. The van der Waals surface area contributed by atoms with Gasteiger partial charge in [-0.05, 0) is 47.5 Å². The number of hydrogen-bond donors (Lipinski definition) is 0. The van der Waals surface area contributed by atoms with Crippen LogP contribution < -0.4 is 0 Å². The number of rotatable bonds is 3. The Kier molecular flexibility index (Phi) is 4.82. The third-order valence-electron chi connectivity index (χ3n) is 7.60. The summed E-state index contributed by atoms with van der Waals surface area (Å²) in [5.74, 6) is 0. The highest BCUT2D eigenvalue weighted by atomic mass is 15.0. The number of nitrogens with zero attached hydrogens (tertiary/aromatic N) is 3. The lowest BCUT2D eigenvalue weighted by Gasteiger charge is -2.16. The van der Waals surface area contributed by atoms with Crippen molar-refractivity contribution in [1.29, 1.82) is 0 Å². The fourth-order valence-electron chi connectivity index (χ4n) is 5.86. The fraction of sp³-hybridized carbons (Fsp3) is 0. The van der Waals surface area contributed by atoms with Gasteiger partial charge < -0.3 is 4.57 Å². The van der Waals surface area contributed by atoms with E-state index in [0.29, 0.717) is 0 Å². The van der Waals surface area contributed by atoms with Crippen molar-refractivity contribution in [2.24, 2.45) is 0 Å². The summed E-state index contributed by atoms with van der Waals surface area (Å²) in [5, 5.41) is 4.56. The van der Waals surface area contributed by atoms with Gasteiger partial charge >= 0.3 is 0 Å². The number of para-hydroxylation sites is 2. The largest absolute Gasteiger partial charge is 0.309 e. The molecule has 3 nitrogen and oxygen atoms in total. The monoisotopic (exact) mass is 497 g/mol. The topological polar surface area (TPSA) is 30.7 Å². The zero-order chi connectivity index (χ0) is 25.8. The highest BCUT2D eigenvalue weighted by Gasteiger charge is 2.16. The molecule has 182 valence electrons. The van der Waals surface area contributed by atoms with Crippen LogP contribution in [0.5, 0.6) is 0 Å². The van der Waals surface area contributed by atoms with Crippen molar-refractivity contribution in [2.75, 3.05) is 0 Å². The van der Waals surface area contributed by atoms with Crippen LogP contribution in [0.25, 0.3) is 71.7 Å². The summed E-state index contributed by atoms with van der Waals surface area (Å²) in [6, 6.07) is 47.2. The molecule has 8 rings (SSSR count). The Bertz CT molecular complexity index is 2170. The lowest BCUT2D eigenvalue weighted by molar-refractivity contribution is 1.14. The number of pyridine rings is 2. The number of hydrogen-bond acceptors (Lipinski definition) is 2. The molecule has 39 heavy (non-hydrogen) atoms. The molecule has 5 aromatic carbocycles.